The summed E-state index contributed by atoms with van der Waals surface area (Å²) in [5.74, 6) is 0.987. The fourth-order valence-corrected chi connectivity index (χ4v) is 2.80. The third kappa shape index (κ3) is 4.02. The Morgan fingerprint density at radius 2 is 2.00 bits per heavy atom. The van der Waals surface area contributed by atoms with E-state index in [0.717, 1.165) is 43.2 Å². The van der Waals surface area contributed by atoms with Gasteiger partial charge in [0.15, 0.2) is 0 Å². The highest BCUT2D eigenvalue weighted by Gasteiger charge is 2.19. The molecule has 0 saturated carbocycles. The molecule has 0 radical (unpaired) electrons. The number of nitrogen functional groups attached to an aromatic ring is 1. The van der Waals surface area contributed by atoms with E-state index in [-0.39, 0.29) is 5.91 Å². The Balaban J connectivity index is 1.49. The van der Waals surface area contributed by atoms with E-state index in [4.69, 9.17) is 5.73 Å². The maximum Gasteiger partial charge on any atom is 0.238 e. The summed E-state index contributed by atoms with van der Waals surface area (Å²) < 4.78 is 0. The van der Waals surface area contributed by atoms with Crippen molar-refractivity contribution in [2.45, 2.75) is 6.92 Å². The molecule has 3 rings (SSSR count). The lowest BCUT2D eigenvalue weighted by Crippen LogP contribution is -2.48. The lowest BCUT2D eigenvalue weighted by atomic mass is 10.2. The molecular weight excluding hydrogens is 302 g/mol. The van der Waals surface area contributed by atoms with Crippen LogP contribution in [0.2, 0.25) is 0 Å². The van der Waals surface area contributed by atoms with E-state index in [1.54, 1.807) is 6.07 Å². The van der Waals surface area contributed by atoms with E-state index < -0.39 is 0 Å². The second-order valence-electron chi connectivity index (χ2n) is 6.07. The number of benzene rings is 1. The molecule has 1 saturated heterocycles. The van der Waals surface area contributed by atoms with Gasteiger partial charge in [-0.3, -0.25) is 9.69 Å². The average molecular weight is 325 g/mol. The Morgan fingerprint density at radius 3 is 2.67 bits per heavy atom. The minimum atomic E-state index is -0.00969. The number of aromatic nitrogens is 1. The average Bonchev–Trinajstić information content (AvgIpc) is 2.59. The summed E-state index contributed by atoms with van der Waals surface area (Å²) in [7, 11) is 0. The largest absolute Gasteiger partial charge is 0.398 e. The van der Waals surface area contributed by atoms with Crippen LogP contribution in [-0.4, -0.2) is 48.5 Å². The van der Waals surface area contributed by atoms with Crippen LogP contribution in [0.3, 0.4) is 0 Å². The standard InChI is InChI=1S/C18H23N5O/c1-14-5-6-15(12-16(14)19)21-18(24)13-22-8-10-23(11-9-22)17-4-2-3-7-20-17/h2-7,12H,8-11,13,19H2,1H3,(H,21,24). The van der Waals surface area contributed by atoms with Crippen molar-refractivity contribution in [3.63, 3.8) is 0 Å². The number of aryl methyl sites for hydroxylation is 1. The number of carbonyl (C=O) groups excluding carboxylic acids is 1. The van der Waals surface area contributed by atoms with Gasteiger partial charge in [0.05, 0.1) is 6.54 Å². The van der Waals surface area contributed by atoms with Crippen LogP contribution in [-0.2, 0) is 4.79 Å². The van der Waals surface area contributed by atoms with Crippen LogP contribution in [0.25, 0.3) is 0 Å². The Hall–Kier alpha value is -2.60. The number of nitrogens with one attached hydrogen (secondary N) is 1. The van der Waals surface area contributed by atoms with Crippen molar-refractivity contribution in [1.29, 1.82) is 0 Å². The van der Waals surface area contributed by atoms with E-state index in [1.807, 2.05) is 43.5 Å². The highest BCUT2D eigenvalue weighted by atomic mass is 16.2. The molecule has 0 aliphatic carbocycles. The van der Waals surface area contributed by atoms with Crippen LogP contribution in [0, 0.1) is 6.92 Å². The fraction of sp³-hybridized carbons (Fsp3) is 0.333. The third-order valence-electron chi connectivity index (χ3n) is 4.28. The molecule has 24 heavy (non-hydrogen) atoms. The monoisotopic (exact) mass is 325 g/mol. The molecule has 1 fully saturated rings. The summed E-state index contributed by atoms with van der Waals surface area (Å²) in [6, 6.07) is 11.5. The molecule has 0 unspecified atom stereocenters. The van der Waals surface area contributed by atoms with Gasteiger partial charge in [0, 0.05) is 43.8 Å². The third-order valence-corrected chi connectivity index (χ3v) is 4.28. The number of carbonyl (C=O) groups is 1. The zero-order valence-corrected chi connectivity index (χ0v) is 13.9. The smallest absolute Gasteiger partial charge is 0.238 e. The van der Waals surface area contributed by atoms with Crippen molar-refractivity contribution >= 4 is 23.1 Å². The molecule has 6 heteroatoms. The van der Waals surface area contributed by atoms with Crippen LogP contribution in [0.5, 0.6) is 0 Å². The van der Waals surface area contributed by atoms with Crippen molar-refractivity contribution in [2.75, 3.05) is 48.7 Å². The molecular formula is C18H23N5O. The Labute approximate surface area is 142 Å². The SMILES string of the molecule is Cc1ccc(NC(=O)CN2CCN(c3ccccn3)CC2)cc1N. The fourth-order valence-electron chi connectivity index (χ4n) is 2.80. The zero-order valence-electron chi connectivity index (χ0n) is 13.9. The predicted molar refractivity (Wildman–Crippen MR) is 97.1 cm³/mol. The van der Waals surface area contributed by atoms with Gasteiger partial charge in [0.1, 0.15) is 5.82 Å². The van der Waals surface area contributed by atoms with Gasteiger partial charge in [-0.05, 0) is 36.8 Å². The lowest BCUT2D eigenvalue weighted by molar-refractivity contribution is -0.117. The zero-order chi connectivity index (χ0) is 16.9. The number of hydrogen-bond donors (Lipinski definition) is 2. The van der Waals surface area contributed by atoms with Crippen LogP contribution < -0.4 is 16.0 Å². The number of piperazine rings is 1. The molecule has 2 heterocycles. The van der Waals surface area contributed by atoms with Gasteiger partial charge in [-0.15, -0.1) is 0 Å². The van der Waals surface area contributed by atoms with Crippen molar-refractivity contribution in [2.24, 2.45) is 0 Å². The maximum atomic E-state index is 12.2. The number of hydrogen-bond acceptors (Lipinski definition) is 5. The van der Waals surface area contributed by atoms with Gasteiger partial charge in [0.2, 0.25) is 5.91 Å². The number of amides is 1. The molecule has 1 aliphatic rings. The number of nitrogens with two attached hydrogens (primary N) is 1. The number of nitrogens with zero attached hydrogens (tertiary/aromatic N) is 3. The Morgan fingerprint density at radius 1 is 1.21 bits per heavy atom. The van der Waals surface area contributed by atoms with Crippen molar-refractivity contribution in [3.8, 4) is 0 Å². The minimum absolute atomic E-state index is 0.00969. The highest BCUT2D eigenvalue weighted by Crippen LogP contribution is 2.17. The molecule has 1 aromatic carbocycles. The van der Waals surface area contributed by atoms with Crippen LogP contribution >= 0.6 is 0 Å². The Bertz CT molecular complexity index is 696. The van der Waals surface area contributed by atoms with Gasteiger partial charge in [-0.2, -0.15) is 0 Å². The molecule has 0 spiro atoms. The van der Waals surface area contributed by atoms with E-state index >= 15 is 0 Å². The van der Waals surface area contributed by atoms with Gasteiger partial charge in [-0.1, -0.05) is 12.1 Å². The molecule has 0 bridgehead atoms. The summed E-state index contributed by atoms with van der Waals surface area (Å²) in [4.78, 5) is 21.0. The summed E-state index contributed by atoms with van der Waals surface area (Å²) in [6.07, 6.45) is 1.81. The van der Waals surface area contributed by atoms with Crippen molar-refractivity contribution in [3.05, 3.63) is 48.2 Å². The second kappa shape index (κ2) is 7.31. The van der Waals surface area contributed by atoms with E-state index in [0.29, 0.717) is 12.2 Å². The van der Waals surface area contributed by atoms with E-state index in [9.17, 15) is 4.79 Å². The molecule has 1 amide bonds. The first-order chi connectivity index (χ1) is 11.6. The maximum absolute atomic E-state index is 12.2. The van der Waals surface area contributed by atoms with Gasteiger partial charge in [-0.25, -0.2) is 4.98 Å². The summed E-state index contributed by atoms with van der Waals surface area (Å²) in [6.45, 7) is 5.79. The minimum Gasteiger partial charge on any atom is -0.398 e. The second-order valence-corrected chi connectivity index (χ2v) is 6.07. The topological polar surface area (TPSA) is 74.5 Å². The van der Waals surface area contributed by atoms with Crippen LogP contribution in [0.15, 0.2) is 42.6 Å². The first kappa shape index (κ1) is 16.3. The molecule has 3 N–H and O–H groups in total. The predicted octanol–water partition coefficient (Wildman–Crippen LogP) is 1.73. The summed E-state index contributed by atoms with van der Waals surface area (Å²) in [5, 5.41) is 2.91. The molecule has 2 aromatic rings. The van der Waals surface area contributed by atoms with Crippen LogP contribution in [0.4, 0.5) is 17.2 Å². The highest BCUT2D eigenvalue weighted by molar-refractivity contribution is 5.92. The molecule has 6 nitrogen and oxygen atoms in total. The van der Waals surface area contributed by atoms with Gasteiger partial charge < -0.3 is 16.0 Å². The molecule has 1 aliphatic heterocycles. The van der Waals surface area contributed by atoms with E-state index in [1.165, 1.54) is 0 Å². The van der Waals surface area contributed by atoms with Crippen molar-refractivity contribution < 1.29 is 4.79 Å². The molecule has 1 aromatic heterocycles. The molecule has 126 valence electrons. The van der Waals surface area contributed by atoms with Crippen molar-refractivity contribution in [1.82, 2.24) is 9.88 Å². The van der Waals surface area contributed by atoms with E-state index in [2.05, 4.69) is 20.1 Å². The van der Waals surface area contributed by atoms with Gasteiger partial charge >= 0.3 is 0 Å². The van der Waals surface area contributed by atoms with Gasteiger partial charge in [0.25, 0.3) is 0 Å². The quantitative estimate of drug-likeness (QED) is 0.838. The summed E-state index contributed by atoms with van der Waals surface area (Å²) in [5.41, 5.74) is 8.33. The van der Waals surface area contributed by atoms with Crippen LogP contribution in [0.1, 0.15) is 5.56 Å². The normalized spacial score (nSPS) is 15.3. The molecule has 0 atom stereocenters. The number of rotatable bonds is 4. The summed E-state index contributed by atoms with van der Waals surface area (Å²) >= 11 is 0. The number of anilines is 3. The number of pyridine rings is 1. The first-order valence-corrected chi connectivity index (χ1v) is 8.16. The lowest BCUT2D eigenvalue weighted by Gasteiger charge is -2.34. The Kier molecular flexibility index (Phi) is 4.96. The first-order valence-electron chi connectivity index (χ1n) is 8.16.